The Balaban J connectivity index is 1.35. The van der Waals surface area contributed by atoms with Gasteiger partial charge < -0.3 is 9.47 Å². The molecule has 0 spiro atoms. The number of carbonyl (C=O) groups excluding carboxylic acids is 1. The van der Waals surface area contributed by atoms with Crippen molar-refractivity contribution >= 4 is 17.7 Å². The lowest BCUT2D eigenvalue weighted by Crippen LogP contribution is -2.48. The van der Waals surface area contributed by atoms with Gasteiger partial charge in [0.25, 0.3) is 0 Å². The summed E-state index contributed by atoms with van der Waals surface area (Å²) in [5.74, 6) is 0.337. The Morgan fingerprint density at radius 2 is 1.50 bits per heavy atom. The van der Waals surface area contributed by atoms with Gasteiger partial charge in [-0.2, -0.15) is 0 Å². The summed E-state index contributed by atoms with van der Waals surface area (Å²) in [6.07, 6.45) is 2.95. The minimum atomic E-state index is -0.229. The molecule has 1 aliphatic carbocycles. The Labute approximate surface area is 206 Å². The molecule has 3 aromatic carbocycles. The minimum Gasteiger partial charge on any atom is -0.459 e. The normalized spacial score (nSPS) is 23.5. The maximum Gasteiger partial charge on any atom is 0.307 e. The van der Waals surface area contributed by atoms with Crippen molar-refractivity contribution in [2.45, 2.75) is 55.0 Å². The van der Waals surface area contributed by atoms with Gasteiger partial charge in [0.05, 0.1) is 13.0 Å². The molecule has 34 heavy (non-hydrogen) atoms. The molecule has 2 aliphatic rings. The molecule has 0 N–H and O–H groups in total. The van der Waals surface area contributed by atoms with Crippen molar-refractivity contribution in [2.24, 2.45) is 11.3 Å². The van der Waals surface area contributed by atoms with Gasteiger partial charge in [0, 0.05) is 21.5 Å². The molecular formula is C30H32O3S. The summed E-state index contributed by atoms with van der Waals surface area (Å²) in [4.78, 5) is 14.4. The quantitative estimate of drug-likeness (QED) is 0.268. The average molecular weight is 473 g/mol. The Hall–Kier alpha value is -2.56. The van der Waals surface area contributed by atoms with Crippen LogP contribution in [0.5, 0.6) is 0 Å². The van der Waals surface area contributed by atoms with E-state index < -0.39 is 0 Å². The number of carbonyl (C=O) groups is 1. The molecule has 4 heteroatoms. The van der Waals surface area contributed by atoms with E-state index in [2.05, 4.69) is 79.7 Å². The van der Waals surface area contributed by atoms with Crippen LogP contribution in [0.25, 0.3) is 0 Å². The Morgan fingerprint density at radius 3 is 2.03 bits per heavy atom. The summed E-state index contributed by atoms with van der Waals surface area (Å²) >= 11 is 1.72. The van der Waals surface area contributed by atoms with Crippen molar-refractivity contribution in [2.75, 3.05) is 6.61 Å². The van der Waals surface area contributed by atoms with Crippen molar-refractivity contribution in [3.63, 3.8) is 0 Å². The minimum absolute atomic E-state index is 0.00783. The zero-order valence-corrected chi connectivity index (χ0v) is 20.5. The highest BCUT2D eigenvalue weighted by molar-refractivity contribution is 8.00. The number of esters is 1. The zero-order valence-electron chi connectivity index (χ0n) is 19.6. The molecule has 1 saturated heterocycles. The van der Waals surface area contributed by atoms with E-state index in [0.717, 1.165) is 25.9 Å². The Kier molecular flexibility index (Phi) is 7.07. The first-order chi connectivity index (χ1) is 16.6. The van der Waals surface area contributed by atoms with Crippen LogP contribution in [0.4, 0.5) is 0 Å². The highest BCUT2D eigenvalue weighted by Crippen LogP contribution is 2.53. The molecule has 1 saturated carbocycles. The van der Waals surface area contributed by atoms with E-state index in [-0.39, 0.29) is 28.8 Å². The van der Waals surface area contributed by atoms with E-state index in [1.54, 1.807) is 11.8 Å². The third-order valence-corrected chi connectivity index (χ3v) is 8.24. The van der Waals surface area contributed by atoms with E-state index in [4.69, 9.17) is 9.47 Å². The van der Waals surface area contributed by atoms with Crippen molar-refractivity contribution in [1.29, 1.82) is 0 Å². The second kappa shape index (κ2) is 10.4. The molecule has 2 unspecified atom stereocenters. The molecular weight excluding hydrogens is 440 g/mol. The summed E-state index contributed by atoms with van der Waals surface area (Å²) < 4.78 is 12.4. The molecule has 1 heterocycles. The predicted molar refractivity (Wildman–Crippen MR) is 137 cm³/mol. The topological polar surface area (TPSA) is 35.5 Å². The van der Waals surface area contributed by atoms with Crippen LogP contribution < -0.4 is 0 Å². The van der Waals surface area contributed by atoms with Gasteiger partial charge in [-0.3, -0.25) is 4.79 Å². The van der Waals surface area contributed by atoms with Crippen LogP contribution in [0.1, 0.15) is 30.9 Å². The molecule has 176 valence electrons. The largest absolute Gasteiger partial charge is 0.459 e. The van der Waals surface area contributed by atoms with E-state index >= 15 is 0 Å². The van der Waals surface area contributed by atoms with Gasteiger partial charge in [0.2, 0.25) is 0 Å². The lowest BCUT2D eigenvalue weighted by molar-refractivity contribution is -0.181. The van der Waals surface area contributed by atoms with E-state index in [1.807, 2.05) is 18.2 Å². The fourth-order valence-corrected chi connectivity index (χ4v) is 6.64. The highest BCUT2D eigenvalue weighted by atomic mass is 32.2. The molecule has 0 aromatic heterocycles. The van der Waals surface area contributed by atoms with Crippen LogP contribution in [0.2, 0.25) is 0 Å². The first-order valence-electron chi connectivity index (χ1n) is 12.2. The van der Waals surface area contributed by atoms with Gasteiger partial charge in [0.1, 0.15) is 12.2 Å². The number of hydrogen-bond acceptors (Lipinski definition) is 4. The smallest absolute Gasteiger partial charge is 0.307 e. The van der Waals surface area contributed by atoms with Crippen LogP contribution in [-0.2, 0) is 27.1 Å². The molecule has 0 radical (unpaired) electrons. The van der Waals surface area contributed by atoms with Gasteiger partial charge in [-0.1, -0.05) is 85.8 Å². The molecule has 0 amide bonds. The zero-order chi connectivity index (χ0) is 23.4. The molecule has 0 bridgehead atoms. The Morgan fingerprint density at radius 1 is 0.941 bits per heavy atom. The van der Waals surface area contributed by atoms with Gasteiger partial charge in [0.15, 0.2) is 0 Å². The lowest BCUT2D eigenvalue weighted by Gasteiger charge is -2.38. The van der Waals surface area contributed by atoms with Gasteiger partial charge >= 0.3 is 5.97 Å². The SMILES string of the molecule is CC(CC(=O)O[C@@H]1[C@@H]2OCC2CC1(Cc1ccccc1)Cc1ccccc1)Sc1ccccc1. The molecule has 3 aromatic rings. The number of fused-ring (bicyclic) bond motifs is 1. The number of rotatable bonds is 9. The first kappa shape index (κ1) is 23.2. The second-order valence-corrected chi connectivity index (χ2v) is 11.3. The third kappa shape index (κ3) is 5.24. The van der Waals surface area contributed by atoms with E-state index in [0.29, 0.717) is 12.3 Å². The summed E-state index contributed by atoms with van der Waals surface area (Å²) in [7, 11) is 0. The molecule has 4 atom stereocenters. The van der Waals surface area contributed by atoms with Gasteiger partial charge in [-0.15, -0.1) is 11.8 Å². The van der Waals surface area contributed by atoms with Crippen molar-refractivity contribution < 1.29 is 14.3 Å². The number of benzene rings is 3. The van der Waals surface area contributed by atoms with Gasteiger partial charge in [-0.25, -0.2) is 0 Å². The molecule has 3 nitrogen and oxygen atoms in total. The van der Waals surface area contributed by atoms with Crippen LogP contribution in [0.15, 0.2) is 95.9 Å². The number of ether oxygens (including phenoxy) is 2. The van der Waals surface area contributed by atoms with Crippen LogP contribution in [-0.4, -0.2) is 30.0 Å². The summed E-state index contributed by atoms with van der Waals surface area (Å²) in [5.41, 5.74) is 2.41. The van der Waals surface area contributed by atoms with Crippen LogP contribution in [0.3, 0.4) is 0 Å². The molecule has 5 rings (SSSR count). The van der Waals surface area contributed by atoms with E-state index in [9.17, 15) is 4.79 Å². The maximum absolute atomic E-state index is 13.2. The standard InChI is InChI=1S/C30H32O3S/c1-22(34-26-15-9-4-10-16-26)17-27(31)33-29-28-25(21-32-28)20-30(29,18-23-11-5-2-6-12-23)19-24-13-7-3-8-14-24/h2-16,22,25,28-29H,17-21H2,1H3/t22?,25?,28-,29-/m1/s1. The number of hydrogen-bond donors (Lipinski definition) is 0. The fraction of sp³-hybridized carbons (Fsp3) is 0.367. The third-order valence-electron chi connectivity index (χ3n) is 7.13. The molecule has 1 aliphatic heterocycles. The second-order valence-electron chi connectivity index (χ2n) is 9.81. The number of thioether (sulfide) groups is 1. The monoisotopic (exact) mass is 472 g/mol. The summed E-state index contributed by atoms with van der Waals surface area (Å²) in [6.45, 7) is 2.86. The molecule has 2 fully saturated rings. The van der Waals surface area contributed by atoms with Crippen LogP contribution >= 0.6 is 11.8 Å². The average Bonchev–Trinajstić information content (AvgIpc) is 3.01. The van der Waals surface area contributed by atoms with Crippen molar-refractivity contribution in [1.82, 2.24) is 0 Å². The highest BCUT2D eigenvalue weighted by Gasteiger charge is 2.59. The first-order valence-corrected chi connectivity index (χ1v) is 13.1. The van der Waals surface area contributed by atoms with Crippen LogP contribution in [0, 0.1) is 11.3 Å². The predicted octanol–water partition coefficient (Wildman–Crippen LogP) is 6.36. The Bertz CT molecular complexity index is 1030. The van der Waals surface area contributed by atoms with E-state index in [1.165, 1.54) is 16.0 Å². The maximum atomic E-state index is 13.2. The lowest BCUT2D eigenvalue weighted by atomic mass is 9.73. The fourth-order valence-electron chi connectivity index (χ4n) is 5.64. The van der Waals surface area contributed by atoms with Crippen molar-refractivity contribution in [3.05, 3.63) is 102 Å². The van der Waals surface area contributed by atoms with Crippen molar-refractivity contribution in [3.8, 4) is 0 Å². The van der Waals surface area contributed by atoms with Gasteiger partial charge in [-0.05, 0) is 42.5 Å². The summed E-state index contributed by atoms with van der Waals surface area (Å²) in [5, 5.41) is 0.145. The summed E-state index contributed by atoms with van der Waals surface area (Å²) in [6, 6.07) is 31.5.